The smallest absolute Gasteiger partial charge is 0.269 e. The standard InChI is InChI=1S/C13H15ClN4OS/c1-7-4-5-8(14)9(6-7)16-12(19)10-11(15)17-13(20-10)18(2)3/h4-6H,15H2,1-3H3,(H,16,19). The molecular formula is C13H15ClN4OS. The number of carbonyl (C=O) groups excluding carboxylic acids is 1. The number of aromatic nitrogens is 1. The van der Waals surface area contributed by atoms with Crippen LogP contribution in [0.5, 0.6) is 0 Å². The number of nitrogens with zero attached hydrogens (tertiary/aromatic N) is 2. The van der Waals surface area contributed by atoms with E-state index in [2.05, 4.69) is 10.3 Å². The van der Waals surface area contributed by atoms with E-state index in [-0.39, 0.29) is 11.7 Å². The minimum Gasteiger partial charge on any atom is -0.382 e. The summed E-state index contributed by atoms with van der Waals surface area (Å²) in [6.45, 7) is 1.93. The van der Waals surface area contributed by atoms with E-state index in [0.29, 0.717) is 20.7 Å². The first-order valence-electron chi connectivity index (χ1n) is 5.89. The summed E-state index contributed by atoms with van der Waals surface area (Å²) in [6, 6.07) is 5.43. The minimum absolute atomic E-state index is 0.222. The van der Waals surface area contributed by atoms with Crippen LogP contribution < -0.4 is 16.0 Å². The Morgan fingerprint density at radius 3 is 2.75 bits per heavy atom. The zero-order chi connectivity index (χ0) is 14.9. The SMILES string of the molecule is Cc1ccc(Cl)c(NC(=O)c2sc(N(C)C)nc2N)c1. The van der Waals surface area contributed by atoms with Crippen molar-refractivity contribution in [1.29, 1.82) is 0 Å². The Balaban J connectivity index is 2.26. The van der Waals surface area contributed by atoms with Crippen LogP contribution in [-0.4, -0.2) is 25.0 Å². The lowest BCUT2D eigenvalue weighted by molar-refractivity contribution is 0.103. The second-order valence-electron chi connectivity index (χ2n) is 4.54. The van der Waals surface area contributed by atoms with Gasteiger partial charge in [-0.05, 0) is 24.6 Å². The zero-order valence-corrected chi connectivity index (χ0v) is 13.0. The van der Waals surface area contributed by atoms with Gasteiger partial charge in [0.25, 0.3) is 5.91 Å². The van der Waals surface area contributed by atoms with Gasteiger partial charge in [-0.1, -0.05) is 29.0 Å². The van der Waals surface area contributed by atoms with Crippen LogP contribution >= 0.6 is 22.9 Å². The van der Waals surface area contributed by atoms with Crippen LogP contribution in [0.2, 0.25) is 5.02 Å². The predicted octanol–water partition coefficient (Wildman–Crippen LogP) is 3.01. The molecule has 1 amide bonds. The van der Waals surface area contributed by atoms with Crippen LogP contribution in [0.1, 0.15) is 15.2 Å². The average Bonchev–Trinajstić information content (AvgIpc) is 2.76. The number of amides is 1. The van der Waals surface area contributed by atoms with Crippen molar-refractivity contribution >= 4 is 45.5 Å². The summed E-state index contributed by atoms with van der Waals surface area (Å²) in [4.78, 5) is 18.6. The number of rotatable bonds is 3. The van der Waals surface area contributed by atoms with Gasteiger partial charge in [-0.25, -0.2) is 4.98 Å². The second kappa shape index (κ2) is 5.68. The lowest BCUT2D eigenvalue weighted by Gasteiger charge is -2.07. The number of hydrogen-bond donors (Lipinski definition) is 2. The zero-order valence-electron chi connectivity index (χ0n) is 11.4. The number of nitrogen functional groups attached to an aromatic ring is 1. The molecule has 1 heterocycles. The van der Waals surface area contributed by atoms with Crippen molar-refractivity contribution in [2.45, 2.75) is 6.92 Å². The van der Waals surface area contributed by atoms with Crippen molar-refractivity contribution in [3.63, 3.8) is 0 Å². The number of anilines is 3. The van der Waals surface area contributed by atoms with E-state index in [9.17, 15) is 4.79 Å². The number of hydrogen-bond acceptors (Lipinski definition) is 5. The second-order valence-corrected chi connectivity index (χ2v) is 5.93. The molecule has 2 aromatic rings. The van der Waals surface area contributed by atoms with Crippen LogP contribution in [-0.2, 0) is 0 Å². The van der Waals surface area contributed by atoms with Crippen LogP contribution in [0.25, 0.3) is 0 Å². The molecule has 0 aliphatic carbocycles. The van der Waals surface area contributed by atoms with Crippen molar-refractivity contribution in [2.24, 2.45) is 0 Å². The van der Waals surface area contributed by atoms with E-state index in [4.69, 9.17) is 17.3 Å². The number of thiazole rings is 1. The molecule has 0 radical (unpaired) electrons. The fourth-order valence-corrected chi connectivity index (χ4v) is 2.56. The van der Waals surface area contributed by atoms with Crippen molar-refractivity contribution in [1.82, 2.24) is 4.98 Å². The molecule has 5 nitrogen and oxygen atoms in total. The lowest BCUT2D eigenvalue weighted by atomic mass is 10.2. The van der Waals surface area contributed by atoms with Crippen molar-refractivity contribution in [2.75, 3.05) is 30.0 Å². The molecule has 0 bridgehead atoms. The molecule has 0 saturated heterocycles. The van der Waals surface area contributed by atoms with E-state index in [0.717, 1.165) is 5.56 Å². The largest absolute Gasteiger partial charge is 0.382 e. The van der Waals surface area contributed by atoms with Gasteiger partial charge in [0.2, 0.25) is 0 Å². The third-order valence-electron chi connectivity index (χ3n) is 2.60. The van der Waals surface area contributed by atoms with Crippen molar-refractivity contribution in [3.05, 3.63) is 33.7 Å². The number of benzene rings is 1. The van der Waals surface area contributed by atoms with Gasteiger partial charge in [-0.2, -0.15) is 0 Å². The normalized spacial score (nSPS) is 10.4. The quantitative estimate of drug-likeness (QED) is 0.914. The summed E-state index contributed by atoms with van der Waals surface area (Å²) in [5.74, 6) is -0.0828. The van der Waals surface area contributed by atoms with Gasteiger partial charge in [-0.15, -0.1) is 0 Å². The number of aryl methyl sites for hydroxylation is 1. The highest BCUT2D eigenvalue weighted by Crippen LogP contribution is 2.29. The molecule has 1 aromatic carbocycles. The molecule has 0 spiro atoms. The molecule has 2 rings (SSSR count). The number of carbonyl (C=O) groups is 1. The summed E-state index contributed by atoms with van der Waals surface area (Å²) in [7, 11) is 3.69. The van der Waals surface area contributed by atoms with E-state index in [1.54, 1.807) is 11.0 Å². The van der Waals surface area contributed by atoms with E-state index in [1.165, 1.54) is 11.3 Å². The molecule has 106 valence electrons. The molecule has 0 aliphatic heterocycles. The van der Waals surface area contributed by atoms with Crippen LogP contribution in [0.3, 0.4) is 0 Å². The fraction of sp³-hybridized carbons (Fsp3) is 0.231. The highest BCUT2D eigenvalue weighted by Gasteiger charge is 2.18. The van der Waals surface area contributed by atoms with Gasteiger partial charge in [-0.3, -0.25) is 4.79 Å². The van der Waals surface area contributed by atoms with Crippen molar-refractivity contribution < 1.29 is 4.79 Å². The van der Waals surface area contributed by atoms with E-state index in [1.807, 2.05) is 33.2 Å². The maximum Gasteiger partial charge on any atom is 0.269 e. The molecule has 7 heteroatoms. The Morgan fingerprint density at radius 1 is 1.45 bits per heavy atom. The third kappa shape index (κ3) is 3.02. The average molecular weight is 311 g/mol. The van der Waals surface area contributed by atoms with Crippen LogP contribution in [0.15, 0.2) is 18.2 Å². The summed E-state index contributed by atoms with van der Waals surface area (Å²) in [5.41, 5.74) is 7.36. The van der Waals surface area contributed by atoms with Gasteiger partial charge in [0.05, 0.1) is 10.7 Å². The van der Waals surface area contributed by atoms with Gasteiger partial charge >= 0.3 is 0 Å². The Kier molecular flexibility index (Phi) is 4.15. The maximum atomic E-state index is 12.2. The fourth-order valence-electron chi connectivity index (χ4n) is 1.59. The first kappa shape index (κ1) is 14.6. The summed E-state index contributed by atoms with van der Waals surface area (Å²) in [6.07, 6.45) is 0. The van der Waals surface area contributed by atoms with Crippen molar-refractivity contribution in [3.8, 4) is 0 Å². The first-order valence-corrected chi connectivity index (χ1v) is 7.09. The highest BCUT2D eigenvalue weighted by molar-refractivity contribution is 7.18. The van der Waals surface area contributed by atoms with Crippen LogP contribution in [0.4, 0.5) is 16.6 Å². The van der Waals surface area contributed by atoms with E-state index < -0.39 is 0 Å². The Hall–Kier alpha value is -1.79. The molecule has 3 N–H and O–H groups in total. The third-order valence-corrected chi connectivity index (χ3v) is 4.17. The molecule has 0 aliphatic rings. The summed E-state index contributed by atoms with van der Waals surface area (Å²) >= 11 is 7.30. The minimum atomic E-state index is -0.305. The number of nitrogens with two attached hydrogens (primary N) is 1. The van der Waals surface area contributed by atoms with Gasteiger partial charge < -0.3 is 16.0 Å². The predicted molar refractivity (Wildman–Crippen MR) is 85.0 cm³/mol. The Morgan fingerprint density at radius 2 is 2.15 bits per heavy atom. The van der Waals surface area contributed by atoms with E-state index >= 15 is 0 Å². The Bertz CT molecular complexity index is 654. The van der Waals surface area contributed by atoms with Gasteiger partial charge in [0, 0.05) is 14.1 Å². The lowest BCUT2D eigenvalue weighted by Crippen LogP contribution is -2.12. The molecule has 20 heavy (non-hydrogen) atoms. The molecule has 0 unspecified atom stereocenters. The molecule has 0 saturated carbocycles. The number of nitrogens with one attached hydrogen (secondary N) is 1. The topological polar surface area (TPSA) is 71.2 Å². The first-order chi connectivity index (χ1) is 9.38. The molecule has 0 fully saturated rings. The van der Waals surface area contributed by atoms with Gasteiger partial charge in [0.15, 0.2) is 5.13 Å². The molecule has 1 aromatic heterocycles. The summed E-state index contributed by atoms with van der Waals surface area (Å²) < 4.78 is 0. The monoisotopic (exact) mass is 310 g/mol. The molecule has 0 atom stereocenters. The highest BCUT2D eigenvalue weighted by atomic mass is 35.5. The Labute approximate surface area is 126 Å². The van der Waals surface area contributed by atoms with Gasteiger partial charge in [0.1, 0.15) is 10.7 Å². The molecular weight excluding hydrogens is 296 g/mol. The maximum absolute atomic E-state index is 12.2. The summed E-state index contributed by atoms with van der Waals surface area (Å²) in [5, 5.41) is 3.93. The van der Waals surface area contributed by atoms with Crippen LogP contribution in [0, 0.1) is 6.92 Å². The number of halogens is 1.